The predicted molar refractivity (Wildman–Crippen MR) is 43.1 cm³/mol. The van der Waals surface area contributed by atoms with Crippen molar-refractivity contribution in [1.82, 2.24) is 0 Å². The van der Waals surface area contributed by atoms with Gasteiger partial charge in [-0.1, -0.05) is 11.0 Å². The molecule has 12 heavy (non-hydrogen) atoms. The lowest BCUT2D eigenvalue weighted by Crippen LogP contribution is -1.78. The van der Waals surface area contributed by atoms with Gasteiger partial charge in [-0.3, -0.25) is 0 Å². The van der Waals surface area contributed by atoms with E-state index in [0.29, 0.717) is 0 Å². The molecule has 0 atom stereocenters. The van der Waals surface area contributed by atoms with Gasteiger partial charge in [0, 0.05) is 10.5 Å². The Morgan fingerprint density at radius 1 is 1.58 bits per heavy atom. The van der Waals surface area contributed by atoms with E-state index in [1.165, 1.54) is 12.1 Å². The molecule has 1 aromatic rings. The predicted octanol–water partition coefficient (Wildman–Crippen LogP) is 2.75. The van der Waals surface area contributed by atoms with E-state index in [9.17, 15) is 4.39 Å². The maximum Gasteiger partial charge on any atom is 0.124 e. The minimum absolute atomic E-state index is 0.257. The Labute approximate surface area is 68.5 Å². The molecule has 0 fully saturated rings. The quantitative estimate of drug-likeness (QED) is 0.263. The van der Waals surface area contributed by atoms with E-state index < -0.39 is 5.82 Å². The molecule has 0 bridgehead atoms. The van der Waals surface area contributed by atoms with Crippen molar-refractivity contribution in [1.29, 1.82) is 0 Å². The number of azide groups is 1. The van der Waals surface area contributed by atoms with Gasteiger partial charge in [0.2, 0.25) is 0 Å². The molecule has 0 aliphatic carbocycles. The first-order chi connectivity index (χ1) is 5.77. The molecule has 1 aromatic carbocycles. The fourth-order valence-corrected chi connectivity index (χ4v) is 0.759. The average Bonchev–Trinajstić information content (AvgIpc) is 2.08. The van der Waals surface area contributed by atoms with Crippen LogP contribution in [0.4, 0.5) is 10.1 Å². The van der Waals surface area contributed by atoms with Gasteiger partial charge in [0.15, 0.2) is 0 Å². The Hall–Kier alpha value is -1.98. The number of benzene rings is 1. The van der Waals surface area contributed by atoms with Crippen molar-refractivity contribution < 1.29 is 4.39 Å². The van der Waals surface area contributed by atoms with Crippen LogP contribution >= 0.6 is 0 Å². The van der Waals surface area contributed by atoms with Crippen molar-refractivity contribution >= 4 is 5.69 Å². The highest BCUT2D eigenvalue weighted by atomic mass is 19.1. The van der Waals surface area contributed by atoms with Gasteiger partial charge in [0.25, 0.3) is 0 Å². The summed E-state index contributed by atoms with van der Waals surface area (Å²) in [5.41, 5.74) is 8.63. The van der Waals surface area contributed by atoms with Crippen molar-refractivity contribution in [3.05, 3.63) is 40.0 Å². The summed E-state index contributed by atoms with van der Waals surface area (Å²) in [6, 6.07) is 3.67. The van der Waals surface area contributed by atoms with Crippen LogP contribution in [-0.4, -0.2) is 0 Å². The van der Waals surface area contributed by atoms with Gasteiger partial charge in [-0.15, -0.1) is 6.42 Å². The van der Waals surface area contributed by atoms with Crippen molar-refractivity contribution in [2.75, 3.05) is 0 Å². The largest absolute Gasteiger partial charge is 0.207 e. The number of rotatable bonds is 1. The Kier molecular flexibility index (Phi) is 2.32. The lowest BCUT2D eigenvalue weighted by Gasteiger charge is -1.95. The van der Waals surface area contributed by atoms with Gasteiger partial charge in [0.1, 0.15) is 5.82 Å². The average molecular weight is 161 g/mol. The molecule has 0 amide bonds. The van der Waals surface area contributed by atoms with E-state index in [1.807, 2.05) is 0 Å². The van der Waals surface area contributed by atoms with Gasteiger partial charge in [-0.05, 0) is 23.7 Å². The van der Waals surface area contributed by atoms with Crippen LogP contribution in [0, 0.1) is 18.2 Å². The molecule has 0 aliphatic heterocycles. The second kappa shape index (κ2) is 3.42. The molecule has 3 nitrogen and oxygen atoms in total. The third-order valence-electron chi connectivity index (χ3n) is 1.27. The van der Waals surface area contributed by atoms with E-state index in [2.05, 4.69) is 15.9 Å². The number of terminal acetylenes is 1. The summed E-state index contributed by atoms with van der Waals surface area (Å²) in [7, 11) is 0. The molecular weight excluding hydrogens is 157 g/mol. The Balaban J connectivity index is 3.31. The van der Waals surface area contributed by atoms with Crippen LogP contribution in [-0.2, 0) is 0 Å². The molecule has 0 aliphatic rings. The molecule has 0 spiro atoms. The van der Waals surface area contributed by atoms with Crippen LogP contribution in [0.1, 0.15) is 5.56 Å². The Morgan fingerprint density at radius 3 is 2.92 bits per heavy atom. The van der Waals surface area contributed by atoms with Gasteiger partial charge in [-0.2, -0.15) is 0 Å². The molecule has 0 saturated carbocycles. The number of hydrogen-bond acceptors (Lipinski definition) is 1. The van der Waals surface area contributed by atoms with Gasteiger partial charge < -0.3 is 0 Å². The molecule has 0 N–H and O–H groups in total. The zero-order valence-corrected chi connectivity index (χ0v) is 6.03. The fraction of sp³-hybridized carbons (Fsp3) is 0. The van der Waals surface area contributed by atoms with E-state index in [4.69, 9.17) is 12.0 Å². The molecule has 4 heteroatoms. The second-order valence-electron chi connectivity index (χ2n) is 2.00. The first kappa shape index (κ1) is 8.12. The Bertz CT molecular complexity index is 386. The fourth-order valence-electron chi connectivity index (χ4n) is 0.759. The van der Waals surface area contributed by atoms with Crippen molar-refractivity contribution in [2.24, 2.45) is 5.11 Å². The van der Waals surface area contributed by atoms with E-state index in [-0.39, 0.29) is 11.3 Å². The van der Waals surface area contributed by atoms with Crippen molar-refractivity contribution in [2.45, 2.75) is 0 Å². The summed E-state index contributed by atoms with van der Waals surface area (Å²) in [5.74, 6) is 1.77. The third kappa shape index (κ3) is 1.54. The van der Waals surface area contributed by atoms with Crippen LogP contribution in [0.3, 0.4) is 0 Å². The molecule has 0 saturated heterocycles. The van der Waals surface area contributed by atoms with Crippen LogP contribution in [0.2, 0.25) is 0 Å². The number of nitrogens with zero attached hydrogens (tertiary/aromatic N) is 3. The monoisotopic (exact) mass is 161 g/mol. The molecule has 58 valence electrons. The lowest BCUT2D eigenvalue weighted by molar-refractivity contribution is 0.627. The summed E-state index contributed by atoms with van der Waals surface area (Å²) in [5, 5.41) is 3.29. The van der Waals surface area contributed by atoms with E-state index in [0.717, 1.165) is 6.07 Å². The number of hydrogen-bond donors (Lipinski definition) is 0. The van der Waals surface area contributed by atoms with E-state index >= 15 is 0 Å². The Morgan fingerprint density at radius 2 is 2.33 bits per heavy atom. The first-order valence-electron chi connectivity index (χ1n) is 3.09. The zero-order valence-electron chi connectivity index (χ0n) is 6.03. The summed E-state index contributed by atoms with van der Waals surface area (Å²) in [4.78, 5) is 2.55. The summed E-state index contributed by atoms with van der Waals surface area (Å²) in [6.45, 7) is 0. The minimum atomic E-state index is -0.445. The normalized spacial score (nSPS) is 8.33. The SMILES string of the molecule is C#Cc1cc(F)ccc1N=[N+]=[N-]. The molecule has 0 unspecified atom stereocenters. The van der Waals surface area contributed by atoms with Gasteiger partial charge in [-0.25, -0.2) is 4.39 Å². The van der Waals surface area contributed by atoms with Crippen molar-refractivity contribution in [3.8, 4) is 12.3 Å². The highest BCUT2D eigenvalue weighted by molar-refractivity contribution is 5.54. The third-order valence-corrected chi connectivity index (χ3v) is 1.27. The highest BCUT2D eigenvalue weighted by Gasteiger charge is 1.98. The summed E-state index contributed by atoms with van der Waals surface area (Å²) in [6.07, 6.45) is 5.05. The maximum atomic E-state index is 12.5. The lowest BCUT2D eigenvalue weighted by atomic mass is 10.2. The number of halogens is 1. The molecule has 0 radical (unpaired) electrons. The molecule has 1 rings (SSSR count). The summed E-state index contributed by atoms with van der Waals surface area (Å²) >= 11 is 0. The molecular formula is C8H4FN3. The maximum absolute atomic E-state index is 12.5. The van der Waals surface area contributed by atoms with Gasteiger partial charge in [0.05, 0.1) is 5.69 Å². The van der Waals surface area contributed by atoms with Crippen LogP contribution in [0.5, 0.6) is 0 Å². The molecule has 0 aromatic heterocycles. The highest BCUT2D eigenvalue weighted by Crippen LogP contribution is 2.18. The van der Waals surface area contributed by atoms with Gasteiger partial charge >= 0.3 is 0 Å². The van der Waals surface area contributed by atoms with E-state index in [1.54, 1.807) is 0 Å². The topological polar surface area (TPSA) is 48.8 Å². The second-order valence-corrected chi connectivity index (χ2v) is 2.00. The standard InChI is InChI=1S/C8H4FN3/c1-2-6-5-7(9)3-4-8(6)11-12-10/h1,3-5H. The van der Waals surface area contributed by atoms with Crippen LogP contribution in [0.25, 0.3) is 10.4 Å². The summed E-state index contributed by atoms with van der Waals surface area (Å²) < 4.78 is 12.5. The molecule has 0 heterocycles. The van der Waals surface area contributed by atoms with Crippen molar-refractivity contribution in [3.63, 3.8) is 0 Å². The zero-order chi connectivity index (χ0) is 8.97. The smallest absolute Gasteiger partial charge is 0.124 e. The van der Waals surface area contributed by atoms with Crippen LogP contribution in [0.15, 0.2) is 23.3 Å². The van der Waals surface area contributed by atoms with Crippen LogP contribution < -0.4 is 0 Å². The first-order valence-corrected chi connectivity index (χ1v) is 3.09. The minimum Gasteiger partial charge on any atom is -0.207 e.